The van der Waals surface area contributed by atoms with Gasteiger partial charge in [-0.2, -0.15) is 4.98 Å². The van der Waals surface area contributed by atoms with Gasteiger partial charge < -0.3 is 25.8 Å². The number of aliphatic hydroxyl groups is 3. The van der Waals surface area contributed by atoms with Crippen LogP contribution in [0.3, 0.4) is 0 Å². The SMILES string of the molecule is C#C[C@@]1(n2ccc(N)nc2=O)O/C(=C/O)[C@@H](O)[C@@]1(C)O. The van der Waals surface area contributed by atoms with Gasteiger partial charge in [-0.15, -0.1) is 6.42 Å². The average molecular weight is 279 g/mol. The van der Waals surface area contributed by atoms with Crippen molar-refractivity contribution in [2.75, 3.05) is 5.73 Å². The summed E-state index contributed by atoms with van der Waals surface area (Å²) >= 11 is 0. The molecule has 0 radical (unpaired) electrons. The molecule has 3 atom stereocenters. The number of rotatable bonds is 1. The fourth-order valence-corrected chi connectivity index (χ4v) is 2.08. The minimum absolute atomic E-state index is 0.0328. The summed E-state index contributed by atoms with van der Waals surface area (Å²) in [6, 6.07) is 1.28. The van der Waals surface area contributed by atoms with E-state index in [1.165, 1.54) is 19.2 Å². The Balaban J connectivity index is 2.73. The minimum atomic E-state index is -2.07. The lowest BCUT2D eigenvalue weighted by Gasteiger charge is -2.34. The molecule has 0 unspecified atom stereocenters. The first-order chi connectivity index (χ1) is 9.30. The van der Waals surface area contributed by atoms with E-state index in [0.29, 0.717) is 6.26 Å². The Labute approximate surface area is 113 Å². The van der Waals surface area contributed by atoms with Crippen LogP contribution in [0.25, 0.3) is 0 Å². The highest BCUT2D eigenvalue weighted by molar-refractivity contribution is 5.30. The van der Waals surface area contributed by atoms with Crippen molar-refractivity contribution in [1.82, 2.24) is 9.55 Å². The summed E-state index contributed by atoms with van der Waals surface area (Å²) < 4.78 is 6.06. The summed E-state index contributed by atoms with van der Waals surface area (Å²) in [6.45, 7) is 1.18. The van der Waals surface area contributed by atoms with E-state index in [1.54, 1.807) is 0 Å². The molecule has 8 heteroatoms. The molecule has 0 aromatic carbocycles. The van der Waals surface area contributed by atoms with Gasteiger partial charge in [0.25, 0.3) is 5.72 Å². The van der Waals surface area contributed by atoms with Crippen molar-refractivity contribution >= 4 is 5.82 Å². The summed E-state index contributed by atoms with van der Waals surface area (Å²) in [5, 5.41) is 29.4. The van der Waals surface area contributed by atoms with Crippen LogP contribution in [0.2, 0.25) is 0 Å². The molecule has 5 N–H and O–H groups in total. The number of hydrogen-bond acceptors (Lipinski definition) is 7. The third-order valence-electron chi connectivity index (χ3n) is 3.24. The molecule has 1 aliphatic rings. The van der Waals surface area contributed by atoms with Crippen molar-refractivity contribution in [3.05, 3.63) is 34.8 Å². The summed E-state index contributed by atoms with van der Waals surface area (Å²) in [4.78, 5) is 15.4. The van der Waals surface area contributed by atoms with Gasteiger partial charge in [0.05, 0.1) is 0 Å². The molecule has 0 aliphatic carbocycles. The molecular formula is C12H13N3O5. The highest BCUT2D eigenvalue weighted by atomic mass is 16.6. The van der Waals surface area contributed by atoms with Crippen LogP contribution in [-0.2, 0) is 10.5 Å². The van der Waals surface area contributed by atoms with Crippen LogP contribution in [0.5, 0.6) is 0 Å². The number of anilines is 1. The van der Waals surface area contributed by atoms with Crippen molar-refractivity contribution in [3.8, 4) is 12.3 Å². The number of nitrogens with two attached hydrogens (primary N) is 1. The summed E-state index contributed by atoms with van der Waals surface area (Å²) in [5.41, 5.74) is 0.385. The Morgan fingerprint density at radius 2 is 2.35 bits per heavy atom. The standard InChI is InChI=1S/C12H13N3O5/c1-3-12(15-5-4-8(13)14-10(15)18)11(2,19)9(17)7(6-16)20-12/h1,4-6,9,16-17,19H,2H3,(H2,13,14,18)/b7-6+/t9-,11-,12-/m1/s1. The fourth-order valence-electron chi connectivity index (χ4n) is 2.08. The molecule has 1 aliphatic heterocycles. The topological polar surface area (TPSA) is 131 Å². The monoisotopic (exact) mass is 279 g/mol. The molecule has 2 rings (SSSR count). The van der Waals surface area contributed by atoms with Gasteiger partial charge in [-0.05, 0) is 18.9 Å². The second-order valence-electron chi connectivity index (χ2n) is 4.48. The van der Waals surface area contributed by atoms with Crippen molar-refractivity contribution in [2.45, 2.75) is 24.4 Å². The minimum Gasteiger partial charge on any atom is -0.512 e. The van der Waals surface area contributed by atoms with Crippen LogP contribution < -0.4 is 11.4 Å². The number of ether oxygens (including phenoxy) is 1. The number of hydrogen-bond donors (Lipinski definition) is 4. The average Bonchev–Trinajstić information content (AvgIpc) is 2.59. The summed E-state index contributed by atoms with van der Waals surface area (Å²) in [7, 11) is 0. The second kappa shape index (κ2) is 4.26. The van der Waals surface area contributed by atoms with Crippen molar-refractivity contribution in [1.29, 1.82) is 0 Å². The van der Waals surface area contributed by atoms with Crippen LogP contribution in [0.4, 0.5) is 5.82 Å². The van der Waals surface area contributed by atoms with E-state index < -0.39 is 23.1 Å². The number of nitrogens with zero attached hydrogens (tertiary/aromatic N) is 2. The molecule has 0 amide bonds. The molecule has 2 heterocycles. The molecule has 0 bridgehead atoms. The number of aromatic nitrogens is 2. The lowest BCUT2D eigenvalue weighted by molar-refractivity contribution is -0.140. The number of nitrogen functional groups attached to an aromatic ring is 1. The Bertz CT molecular complexity index is 672. The molecule has 106 valence electrons. The number of aliphatic hydroxyl groups excluding tert-OH is 2. The zero-order valence-corrected chi connectivity index (χ0v) is 10.5. The smallest absolute Gasteiger partial charge is 0.353 e. The van der Waals surface area contributed by atoms with Gasteiger partial charge >= 0.3 is 5.69 Å². The third kappa shape index (κ3) is 1.57. The van der Waals surface area contributed by atoms with E-state index in [0.717, 1.165) is 4.57 Å². The van der Waals surface area contributed by atoms with Crippen molar-refractivity contribution in [2.24, 2.45) is 0 Å². The Kier molecular flexibility index (Phi) is 2.97. The van der Waals surface area contributed by atoms with Gasteiger partial charge in [-0.1, -0.05) is 0 Å². The van der Waals surface area contributed by atoms with Crippen molar-refractivity contribution in [3.63, 3.8) is 0 Å². The van der Waals surface area contributed by atoms with E-state index in [-0.39, 0.29) is 11.6 Å². The lowest BCUT2D eigenvalue weighted by atomic mass is 9.89. The van der Waals surface area contributed by atoms with E-state index in [9.17, 15) is 15.0 Å². The molecule has 0 spiro atoms. The molecular weight excluding hydrogens is 266 g/mol. The second-order valence-corrected chi connectivity index (χ2v) is 4.48. The molecule has 1 aromatic heterocycles. The quantitative estimate of drug-likeness (QED) is 0.369. The zero-order valence-electron chi connectivity index (χ0n) is 10.5. The van der Waals surface area contributed by atoms with Gasteiger partial charge in [0.1, 0.15) is 18.2 Å². The largest absolute Gasteiger partial charge is 0.512 e. The maximum atomic E-state index is 11.9. The first-order valence-corrected chi connectivity index (χ1v) is 5.57. The highest BCUT2D eigenvalue weighted by Gasteiger charge is 2.63. The van der Waals surface area contributed by atoms with Crippen LogP contribution in [0.1, 0.15) is 6.92 Å². The van der Waals surface area contributed by atoms with Crippen LogP contribution in [-0.4, -0.2) is 36.6 Å². The maximum Gasteiger partial charge on any atom is 0.353 e. The van der Waals surface area contributed by atoms with Gasteiger partial charge in [0.2, 0.25) is 0 Å². The molecule has 1 saturated heterocycles. The Hall–Kier alpha value is -2.50. The highest BCUT2D eigenvalue weighted by Crippen LogP contribution is 2.44. The normalized spacial score (nSPS) is 34.7. The predicted molar refractivity (Wildman–Crippen MR) is 68.1 cm³/mol. The van der Waals surface area contributed by atoms with E-state index in [1.807, 2.05) is 0 Å². The summed E-state index contributed by atoms with van der Waals surface area (Å²) in [5.74, 6) is 1.74. The third-order valence-corrected chi connectivity index (χ3v) is 3.24. The van der Waals surface area contributed by atoms with Gasteiger partial charge in [-0.25, -0.2) is 9.36 Å². The number of terminal acetylenes is 1. The zero-order chi connectivity index (χ0) is 15.1. The van der Waals surface area contributed by atoms with E-state index in [2.05, 4.69) is 10.9 Å². The van der Waals surface area contributed by atoms with E-state index in [4.69, 9.17) is 22.0 Å². The van der Waals surface area contributed by atoms with Crippen molar-refractivity contribution < 1.29 is 20.1 Å². The fraction of sp³-hybridized carbons (Fsp3) is 0.333. The van der Waals surface area contributed by atoms with Gasteiger partial charge in [-0.3, -0.25) is 0 Å². The van der Waals surface area contributed by atoms with Crippen LogP contribution in [0, 0.1) is 12.3 Å². The van der Waals surface area contributed by atoms with Gasteiger partial charge in [0.15, 0.2) is 11.4 Å². The Morgan fingerprint density at radius 3 is 2.80 bits per heavy atom. The summed E-state index contributed by atoms with van der Waals surface area (Å²) in [6.07, 6.45) is 5.42. The lowest BCUT2D eigenvalue weighted by Crippen LogP contribution is -2.57. The Morgan fingerprint density at radius 1 is 1.70 bits per heavy atom. The van der Waals surface area contributed by atoms with Gasteiger partial charge in [0, 0.05) is 6.20 Å². The first-order valence-electron chi connectivity index (χ1n) is 5.57. The maximum absolute atomic E-state index is 11.9. The molecule has 8 nitrogen and oxygen atoms in total. The molecule has 0 saturated carbocycles. The predicted octanol–water partition coefficient (Wildman–Crippen LogP) is -1.35. The molecule has 20 heavy (non-hydrogen) atoms. The molecule has 1 aromatic rings. The van der Waals surface area contributed by atoms with Crippen LogP contribution >= 0.6 is 0 Å². The van der Waals surface area contributed by atoms with E-state index >= 15 is 0 Å². The van der Waals surface area contributed by atoms with Crippen LogP contribution in [0.15, 0.2) is 29.1 Å². The first kappa shape index (κ1) is 13.9. The molecule has 1 fully saturated rings.